The summed E-state index contributed by atoms with van der Waals surface area (Å²) in [5.74, 6) is -0.405. The van der Waals surface area contributed by atoms with Crippen LogP contribution in [0.5, 0.6) is 0 Å². The number of aromatic nitrogens is 2. The molecular weight excluding hydrogens is 342 g/mol. The van der Waals surface area contributed by atoms with Gasteiger partial charge in [0, 0.05) is 49.1 Å². The van der Waals surface area contributed by atoms with Gasteiger partial charge < -0.3 is 16.0 Å². The quantitative estimate of drug-likeness (QED) is 0.627. The molecule has 0 saturated heterocycles. The number of anilines is 3. The van der Waals surface area contributed by atoms with E-state index >= 15 is 0 Å². The Morgan fingerprint density at radius 1 is 0.963 bits per heavy atom. The molecule has 2 heterocycles. The minimum absolute atomic E-state index is 0.136. The minimum atomic E-state index is -0.269. The highest BCUT2D eigenvalue weighted by Gasteiger charge is 2.08. The highest BCUT2D eigenvalue weighted by molar-refractivity contribution is 5.93. The van der Waals surface area contributed by atoms with Crippen molar-refractivity contribution in [2.24, 2.45) is 0 Å². The molecule has 0 spiro atoms. The second-order valence-electron chi connectivity index (χ2n) is 5.86. The molecule has 2 aromatic heterocycles. The first-order valence-corrected chi connectivity index (χ1v) is 8.38. The zero-order chi connectivity index (χ0) is 19.1. The van der Waals surface area contributed by atoms with Crippen molar-refractivity contribution in [1.82, 2.24) is 15.3 Å². The van der Waals surface area contributed by atoms with Gasteiger partial charge in [0.05, 0.1) is 0 Å². The van der Waals surface area contributed by atoms with Gasteiger partial charge in [-0.3, -0.25) is 19.6 Å². The standard InChI is InChI=1S/C20H19N5O2/c1-14(26)24-16-5-2-6-17(10-16)25-18-7-9-22-19(11-18)20(27)23-13-15-4-3-8-21-12-15/h2-12H,13H2,1H3,(H,22,25)(H,23,27)(H,24,26). The molecule has 0 aliphatic heterocycles. The summed E-state index contributed by atoms with van der Waals surface area (Å²) >= 11 is 0. The SMILES string of the molecule is CC(=O)Nc1cccc(Nc2ccnc(C(=O)NCc3cccnc3)c2)c1. The molecule has 0 bridgehead atoms. The molecular formula is C20H19N5O2. The van der Waals surface area contributed by atoms with E-state index in [-0.39, 0.29) is 11.8 Å². The second-order valence-corrected chi connectivity index (χ2v) is 5.86. The van der Waals surface area contributed by atoms with Crippen LogP contribution in [0.4, 0.5) is 17.1 Å². The normalized spacial score (nSPS) is 10.1. The van der Waals surface area contributed by atoms with E-state index in [1.165, 1.54) is 6.92 Å². The maximum atomic E-state index is 12.3. The van der Waals surface area contributed by atoms with Crippen LogP contribution in [0.2, 0.25) is 0 Å². The van der Waals surface area contributed by atoms with E-state index in [4.69, 9.17) is 0 Å². The average Bonchev–Trinajstić information content (AvgIpc) is 2.67. The van der Waals surface area contributed by atoms with Crippen LogP contribution in [0.25, 0.3) is 0 Å². The highest BCUT2D eigenvalue weighted by Crippen LogP contribution is 2.20. The Bertz CT molecular complexity index is 944. The summed E-state index contributed by atoms with van der Waals surface area (Å²) < 4.78 is 0. The molecule has 7 nitrogen and oxygen atoms in total. The minimum Gasteiger partial charge on any atom is -0.355 e. The lowest BCUT2D eigenvalue weighted by atomic mass is 10.2. The first-order chi connectivity index (χ1) is 13.1. The summed E-state index contributed by atoms with van der Waals surface area (Å²) in [6.45, 7) is 1.84. The van der Waals surface area contributed by atoms with Gasteiger partial charge in [-0.2, -0.15) is 0 Å². The number of hydrogen-bond donors (Lipinski definition) is 3. The van der Waals surface area contributed by atoms with Gasteiger partial charge in [0.15, 0.2) is 0 Å². The lowest BCUT2D eigenvalue weighted by molar-refractivity contribution is -0.114. The molecule has 0 aliphatic rings. The number of nitrogens with one attached hydrogen (secondary N) is 3. The van der Waals surface area contributed by atoms with Crippen LogP contribution in [-0.2, 0) is 11.3 Å². The molecule has 0 atom stereocenters. The Balaban J connectivity index is 1.66. The molecule has 0 aliphatic carbocycles. The summed E-state index contributed by atoms with van der Waals surface area (Å²) in [6, 6.07) is 14.5. The van der Waals surface area contributed by atoms with Crippen LogP contribution < -0.4 is 16.0 Å². The predicted octanol–water partition coefficient (Wildman–Crippen LogP) is 3.11. The van der Waals surface area contributed by atoms with Crippen LogP contribution in [0.1, 0.15) is 23.0 Å². The average molecular weight is 361 g/mol. The van der Waals surface area contributed by atoms with Crippen LogP contribution >= 0.6 is 0 Å². The van der Waals surface area contributed by atoms with Crippen molar-refractivity contribution >= 4 is 28.9 Å². The van der Waals surface area contributed by atoms with Crippen molar-refractivity contribution in [1.29, 1.82) is 0 Å². The number of carbonyl (C=O) groups is 2. The van der Waals surface area contributed by atoms with E-state index in [0.29, 0.717) is 17.9 Å². The van der Waals surface area contributed by atoms with Gasteiger partial charge in [-0.15, -0.1) is 0 Å². The number of benzene rings is 1. The number of carbonyl (C=O) groups excluding carboxylic acids is 2. The number of pyridine rings is 2. The second kappa shape index (κ2) is 8.57. The number of nitrogens with zero attached hydrogens (tertiary/aromatic N) is 2. The Morgan fingerprint density at radius 2 is 1.78 bits per heavy atom. The predicted molar refractivity (Wildman–Crippen MR) is 104 cm³/mol. The van der Waals surface area contributed by atoms with Crippen LogP contribution in [0, 0.1) is 0 Å². The Morgan fingerprint density at radius 3 is 2.56 bits per heavy atom. The molecule has 1 aromatic carbocycles. The van der Waals surface area contributed by atoms with Gasteiger partial charge in [-0.05, 0) is 42.0 Å². The summed E-state index contributed by atoms with van der Waals surface area (Å²) in [7, 11) is 0. The van der Waals surface area contributed by atoms with Crippen LogP contribution in [0.3, 0.4) is 0 Å². The van der Waals surface area contributed by atoms with Gasteiger partial charge in [-0.25, -0.2) is 0 Å². The smallest absolute Gasteiger partial charge is 0.270 e. The largest absolute Gasteiger partial charge is 0.355 e. The lowest BCUT2D eigenvalue weighted by Crippen LogP contribution is -2.23. The van der Waals surface area contributed by atoms with Crippen LogP contribution in [-0.4, -0.2) is 21.8 Å². The number of amides is 2. The molecule has 3 N–H and O–H groups in total. The third-order valence-corrected chi connectivity index (χ3v) is 3.64. The third-order valence-electron chi connectivity index (χ3n) is 3.64. The summed E-state index contributed by atoms with van der Waals surface area (Å²) in [5, 5.41) is 8.76. The Hall–Kier alpha value is -3.74. The van der Waals surface area contributed by atoms with Crippen molar-refractivity contribution in [2.75, 3.05) is 10.6 Å². The Labute approximate surface area is 156 Å². The van der Waals surface area contributed by atoms with Crippen molar-refractivity contribution in [2.45, 2.75) is 13.5 Å². The molecule has 0 fully saturated rings. The van der Waals surface area contributed by atoms with E-state index in [9.17, 15) is 9.59 Å². The van der Waals surface area contributed by atoms with Crippen molar-refractivity contribution < 1.29 is 9.59 Å². The highest BCUT2D eigenvalue weighted by atomic mass is 16.2. The van der Waals surface area contributed by atoms with Crippen molar-refractivity contribution in [3.8, 4) is 0 Å². The van der Waals surface area contributed by atoms with Gasteiger partial charge >= 0.3 is 0 Å². The van der Waals surface area contributed by atoms with Gasteiger partial charge in [0.25, 0.3) is 5.91 Å². The molecule has 136 valence electrons. The van der Waals surface area contributed by atoms with Gasteiger partial charge in [0.1, 0.15) is 5.69 Å². The zero-order valence-corrected chi connectivity index (χ0v) is 14.8. The van der Waals surface area contributed by atoms with Crippen molar-refractivity contribution in [3.05, 3.63) is 78.4 Å². The molecule has 2 amide bonds. The lowest BCUT2D eigenvalue weighted by Gasteiger charge is -2.10. The molecule has 3 rings (SSSR count). The fraction of sp³-hybridized carbons (Fsp3) is 0.100. The third kappa shape index (κ3) is 5.37. The van der Waals surface area contributed by atoms with E-state index in [0.717, 1.165) is 16.9 Å². The topological polar surface area (TPSA) is 96.0 Å². The first kappa shape index (κ1) is 18.1. The molecule has 7 heteroatoms. The van der Waals surface area contributed by atoms with Gasteiger partial charge in [0.2, 0.25) is 5.91 Å². The summed E-state index contributed by atoms with van der Waals surface area (Å²) in [5.41, 5.74) is 3.42. The van der Waals surface area contributed by atoms with E-state index in [2.05, 4.69) is 25.9 Å². The van der Waals surface area contributed by atoms with Crippen molar-refractivity contribution in [3.63, 3.8) is 0 Å². The summed E-state index contributed by atoms with van der Waals surface area (Å²) in [4.78, 5) is 31.7. The first-order valence-electron chi connectivity index (χ1n) is 8.38. The van der Waals surface area contributed by atoms with E-state index in [1.54, 1.807) is 36.8 Å². The molecule has 0 saturated carbocycles. The monoisotopic (exact) mass is 361 g/mol. The molecule has 27 heavy (non-hydrogen) atoms. The van der Waals surface area contributed by atoms with E-state index < -0.39 is 0 Å². The fourth-order valence-electron chi connectivity index (χ4n) is 2.45. The fourth-order valence-corrected chi connectivity index (χ4v) is 2.45. The zero-order valence-electron chi connectivity index (χ0n) is 14.8. The summed E-state index contributed by atoms with van der Waals surface area (Å²) in [6.07, 6.45) is 4.95. The Kier molecular flexibility index (Phi) is 5.73. The van der Waals surface area contributed by atoms with E-state index in [1.807, 2.05) is 30.3 Å². The van der Waals surface area contributed by atoms with Crippen LogP contribution in [0.15, 0.2) is 67.1 Å². The maximum absolute atomic E-state index is 12.3. The maximum Gasteiger partial charge on any atom is 0.270 e. The van der Waals surface area contributed by atoms with Gasteiger partial charge in [-0.1, -0.05) is 12.1 Å². The number of hydrogen-bond acceptors (Lipinski definition) is 5. The molecule has 0 radical (unpaired) electrons. The molecule has 0 unspecified atom stereocenters. The number of rotatable bonds is 6. The molecule has 3 aromatic rings.